The Morgan fingerprint density at radius 1 is 0.868 bits per heavy atom. The molecular weight excluding hydrogens is 678 g/mol. The average Bonchev–Trinajstić information content (AvgIpc) is 3.71. The molecule has 5 amide bonds. The Hall–Kier alpha value is -4.49. The summed E-state index contributed by atoms with van der Waals surface area (Å²) in [6.07, 6.45) is 14.8. The number of likely N-dealkylation sites (tertiary alicyclic amines) is 1. The van der Waals surface area contributed by atoms with Gasteiger partial charge in [-0.3, -0.25) is 38.5 Å². The molecule has 0 aromatic carbocycles. The van der Waals surface area contributed by atoms with E-state index in [1.807, 2.05) is 6.92 Å². The molecule has 2 heterocycles. The standard InChI is InChI=1S/C39H55N7O7/c1-4-9-29(34(48)38(52)42-26-14-15-26)43-37(51)33-28-13-8-12-25(28)22-46(33)39(53)30(17-16-27(47)20-23(2)3)44-36(50)32(24-10-6-5-7-11-24)45-35(49)31-21-40-18-19-41-31/h18-21,24-26,28-30,32-33H,4-17,22H2,1-3H3,(H,42,52)(H,43,51)(H,44,50)(H,45,49)/t25-,28-,29?,30?,32?,33-/m0/s1. The maximum atomic E-state index is 14.7. The van der Waals surface area contributed by atoms with Crippen molar-refractivity contribution in [1.29, 1.82) is 0 Å². The van der Waals surface area contributed by atoms with E-state index in [1.165, 1.54) is 29.6 Å². The Morgan fingerprint density at radius 2 is 1.62 bits per heavy atom. The maximum Gasteiger partial charge on any atom is 0.289 e. The van der Waals surface area contributed by atoms with Crippen LogP contribution in [0.5, 0.6) is 0 Å². The van der Waals surface area contributed by atoms with Crippen LogP contribution in [-0.2, 0) is 28.8 Å². The topological polar surface area (TPSA) is 197 Å². The molecule has 53 heavy (non-hydrogen) atoms. The van der Waals surface area contributed by atoms with Gasteiger partial charge in [0.2, 0.25) is 23.5 Å². The Bertz CT molecular complexity index is 1550. The number of aromatic nitrogens is 2. The monoisotopic (exact) mass is 733 g/mol. The molecule has 3 saturated carbocycles. The van der Waals surface area contributed by atoms with Crippen molar-refractivity contribution in [2.45, 2.75) is 141 Å². The van der Waals surface area contributed by atoms with E-state index in [9.17, 15) is 33.6 Å². The number of nitrogens with zero attached hydrogens (tertiary/aromatic N) is 3. The molecule has 1 aliphatic heterocycles. The second-order valence-corrected chi connectivity index (χ2v) is 15.5. The molecule has 0 bridgehead atoms. The highest BCUT2D eigenvalue weighted by Gasteiger charge is 2.51. The number of ketones is 2. The number of hydrogen-bond donors (Lipinski definition) is 4. The SMILES string of the molecule is CCCC(NC(=O)[C@@H]1[C@H]2CCC[C@H]2CN1C(=O)C(CCC(=O)C=C(C)C)NC(=O)C(NC(=O)c1cnccn1)C1CCCCC1)C(=O)C(=O)NC1CC1. The highest BCUT2D eigenvalue weighted by Crippen LogP contribution is 2.42. The second-order valence-electron chi connectivity index (χ2n) is 15.5. The molecule has 14 heteroatoms. The molecule has 5 rings (SSSR count). The Morgan fingerprint density at radius 3 is 2.28 bits per heavy atom. The quantitative estimate of drug-likeness (QED) is 0.137. The molecule has 4 fully saturated rings. The van der Waals surface area contributed by atoms with Crippen molar-refractivity contribution in [2.75, 3.05) is 6.54 Å². The highest BCUT2D eigenvalue weighted by molar-refractivity contribution is 6.38. The number of allylic oxidation sites excluding steroid dienone is 2. The first-order chi connectivity index (χ1) is 25.5. The maximum absolute atomic E-state index is 14.7. The van der Waals surface area contributed by atoms with Gasteiger partial charge >= 0.3 is 0 Å². The van der Waals surface area contributed by atoms with Crippen molar-refractivity contribution >= 4 is 41.1 Å². The van der Waals surface area contributed by atoms with E-state index in [1.54, 1.807) is 13.8 Å². The van der Waals surface area contributed by atoms with Gasteiger partial charge < -0.3 is 26.2 Å². The lowest BCUT2D eigenvalue weighted by Gasteiger charge is -2.34. The van der Waals surface area contributed by atoms with Crippen LogP contribution in [0.1, 0.15) is 121 Å². The molecule has 3 aliphatic carbocycles. The molecule has 1 aromatic rings. The van der Waals surface area contributed by atoms with Gasteiger partial charge in [0.1, 0.15) is 23.8 Å². The van der Waals surface area contributed by atoms with Crippen molar-refractivity contribution in [2.24, 2.45) is 17.8 Å². The third kappa shape index (κ3) is 10.6. The fraction of sp³-hybridized carbons (Fsp3) is 0.667. The first-order valence-electron chi connectivity index (χ1n) is 19.5. The van der Waals surface area contributed by atoms with Crippen LogP contribution in [0.4, 0.5) is 0 Å². The zero-order valence-corrected chi connectivity index (χ0v) is 31.2. The van der Waals surface area contributed by atoms with Crippen molar-refractivity contribution < 1.29 is 33.6 Å². The van der Waals surface area contributed by atoms with Crippen LogP contribution in [0.2, 0.25) is 0 Å². The molecule has 0 radical (unpaired) electrons. The number of carbonyl (C=O) groups is 7. The van der Waals surface area contributed by atoms with Gasteiger partial charge in [-0.15, -0.1) is 0 Å². The smallest absolute Gasteiger partial charge is 0.289 e. The minimum atomic E-state index is -1.16. The summed E-state index contributed by atoms with van der Waals surface area (Å²) < 4.78 is 0. The van der Waals surface area contributed by atoms with Gasteiger partial charge in [0.15, 0.2) is 5.78 Å². The largest absolute Gasteiger partial charge is 0.347 e. The molecule has 6 atom stereocenters. The second kappa shape index (κ2) is 18.5. The highest BCUT2D eigenvalue weighted by atomic mass is 16.2. The average molecular weight is 734 g/mol. The number of carbonyl (C=O) groups excluding carboxylic acids is 7. The van der Waals surface area contributed by atoms with E-state index in [2.05, 4.69) is 31.2 Å². The molecular formula is C39H55N7O7. The van der Waals surface area contributed by atoms with Crippen LogP contribution >= 0.6 is 0 Å². The fourth-order valence-corrected chi connectivity index (χ4v) is 8.22. The number of hydrogen-bond acceptors (Lipinski definition) is 9. The van der Waals surface area contributed by atoms with Gasteiger partial charge in [0, 0.05) is 31.4 Å². The number of amides is 5. The van der Waals surface area contributed by atoms with Gasteiger partial charge in [-0.1, -0.05) is 44.6 Å². The van der Waals surface area contributed by atoms with E-state index in [0.717, 1.165) is 56.9 Å². The van der Waals surface area contributed by atoms with Crippen molar-refractivity contribution in [3.63, 3.8) is 0 Å². The minimum absolute atomic E-state index is 0.0128. The van der Waals surface area contributed by atoms with Crippen LogP contribution in [0.15, 0.2) is 30.2 Å². The first-order valence-corrected chi connectivity index (χ1v) is 19.5. The van der Waals surface area contributed by atoms with Crippen LogP contribution in [-0.4, -0.2) is 92.7 Å². The zero-order chi connectivity index (χ0) is 38.1. The van der Waals surface area contributed by atoms with E-state index in [0.29, 0.717) is 25.8 Å². The number of nitrogens with one attached hydrogen (secondary N) is 4. The van der Waals surface area contributed by atoms with Crippen molar-refractivity contribution in [3.8, 4) is 0 Å². The predicted octanol–water partition coefficient (Wildman–Crippen LogP) is 2.72. The lowest BCUT2D eigenvalue weighted by molar-refractivity contribution is -0.144. The lowest BCUT2D eigenvalue weighted by atomic mass is 9.83. The van der Waals surface area contributed by atoms with Crippen LogP contribution in [0.25, 0.3) is 0 Å². The summed E-state index contributed by atoms with van der Waals surface area (Å²) in [7, 11) is 0. The third-order valence-electron chi connectivity index (χ3n) is 11.0. The van der Waals surface area contributed by atoms with Gasteiger partial charge in [-0.25, -0.2) is 4.98 Å². The summed E-state index contributed by atoms with van der Waals surface area (Å²) in [5.74, 6) is -3.99. The normalized spacial score (nSPS) is 22.8. The van der Waals surface area contributed by atoms with E-state index >= 15 is 0 Å². The number of Topliss-reactive ketones (excluding diaryl/α,β-unsaturated/α-hetero) is 1. The van der Waals surface area contributed by atoms with Crippen LogP contribution < -0.4 is 21.3 Å². The Labute approximate surface area is 311 Å². The predicted molar refractivity (Wildman–Crippen MR) is 195 cm³/mol. The molecule has 3 unspecified atom stereocenters. The van der Waals surface area contributed by atoms with Gasteiger partial charge in [-0.2, -0.15) is 0 Å². The third-order valence-corrected chi connectivity index (χ3v) is 11.0. The summed E-state index contributed by atoms with van der Waals surface area (Å²) >= 11 is 0. The summed E-state index contributed by atoms with van der Waals surface area (Å²) in [6.45, 7) is 5.76. The molecule has 1 saturated heterocycles. The molecule has 4 N–H and O–H groups in total. The van der Waals surface area contributed by atoms with Crippen molar-refractivity contribution in [1.82, 2.24) is 36.1 Å². The summed E-state index contributed by atoms with van der Waals surface area (Å²) in [5, 5.41) is 11.3. The van der Waals surface area contributed by atoms with Crippen LogP contribution in [0, 0.1) is 17.8 Å². The summed E-state index contributed by atoms with van der Waals surface area (Å²) in [4.78, 5) is 105. The summed E-state index contributed by atoms with van der Waals surface area (Å²) in [6, 6.07) is -4.08. The number of fused-ring (bicyclic) bond motifs is 1. The number of rotatable bonds is 17. The molecule has 4 aliphatic rings. The summed E-state index contributed by atoms with van der Waals surface area (Å²) in [5.41, 5.74) is 0.862. The molecule has 288 valence electrons. The molecule has 1 aromatic heterocycles. The van der Waals surface area contributed by atoms with Crippen LogP contribution in [0.3, 0.4) is 0 Å². The van der Waals surface area contributed by atoms with Gasteiger partial charge in [-0.05, 0) is 89.0 Å². The van der Waals surface area contributed by atoms with E-state index in [4.69, 9.17) is 0 Å². The lowest BCUT2D eigenvalue weighted by Crippen LogP contribution is -2.59. The van der Waals surface area contributed by atoms with Crippen molar-refractivity contribution in [3.05, 3.63) is 35.9 Å². The molecule has 0 spiro atoms. The zero-order valence-electron chi connectivity index (χ0n) is 31.2. The van der Waals surface area contributed by atoms with Gasteiger partial charge in [0.25, 0.3) is 11.8 Å². The Balaban J connectivity index is 1.39. The molecule has 14 nitrogen and oxygen atoms in total. The Kier molecular flexibility index (Phi) is 13.9. The van der Waals surface area contributed by atoms with E-state index < -0.39 is 59.5 Å². The van der Waals surface area contributed by atoms with Gasteiger partial charge in [0.05, 0.1) is 12.2 Å². The minimum Gasteiger partial charge on any atom is -0.347 e. The first kappa shape index (κ1) is 39.7. The fourth-order valence-electron chi connectivity index (χ4n) is 8.22. The van der Waals surface area contributed by atoms with E-state index in [-0.39, 0.29) is 54.5 Å².